The van der Waals surface area contributed by atoms with Gasteiger partial charge in [0.25, 0.3) is 10.0 Å². The summed E-state index contributed by atoms with van der Waals surface area (Å²) in [5, 5.41) is 2.83. The lowest BCUT2D eigenvalue weighted by molar-refractivity contribution is -0.115. The zero-order valence-corrected chi connectivity index (χ0v) is 17.4. The largest absolute Gasteiger partial charge is 0.326 e. The fourth-order valence-electron chi connectivity index (χ4n) is 2.72. The van der Waals surface area contributed by atoms with Crippen LogP contribution in [0.3, 0.4) is 0 Å². The molecule has 25 heavy (non-hydrogen) atoms. The van der Waals surface area contributed by atoms with Crippen molar-refractivity contribution >= 4 is 55.5 Å². The van der Waals surface area contributed by atoms with E-state index in [4.69, 9.17) is 0 Å². The molecule has 3 rings (SSSR count). The smallest absolute Gasteiger partial charge is 0.252 e. The first kappa shape index (κ1) is 18.8. The summed E-state index contributed by atoms with van der Waals surface area (Å²) in [4.78, 5) is 12.9. The number of thiophene rings is 1. The molecule has 0 atom stereocenters. The molecule has 1 amide bonds. The van der Waals surface area contributed by atoms with Gasteiger partial charge in [0.2, 0.25) is 5.91 Å². The van der Waals surface area contributed by atoms with Crippen LogP contribution in [0.4, 0.5) is 5.69 Å². The minimum atomic E-state index is -3.42. The van der Waals surface area contributed by atoms with Crippen LogP contribution in [-0.4, -0.2) is 31.7 Å². The molecule has 0 bridgehead atoms. The number of amides is 1. The Morgan fingerprint density at radius 2 is 1.76 bits per heavy atom. The Balaban J connectivity index is 1.64. The molecule has 8 heteroatoms. The summed E-state index contributed by atoms with van der Waals surface area (Å²) in [7, 11) is -3.42. The highest BCUT2D eigenvalue weighted by molar-refractivity contribution is 14.1. The number of nitrogens with zero attached hydrogens (tertiary/aromatic N) is 1. The predicted molar refractivity (Wildman–Crippen MR) is 108 cm³/mol. The van der Waals surface area contributed by atoms with Crippen molar-refractivity contribution in [1.29, 1.82) is 0 Å². The number of hydrogen-bond acceptors (Lipinski definition) is 4. The number of carbonyl (C=O) groups is 1. The Hall–Kier alpha value is -0.970. The molecular weight excluding hydrogens is 471 g/mol. The van der Waals surface area contributed by atoms with E-state index in [1.54, 1.807) is 16.4 Å². The number of halogens is 1. The maximum atomic E-state index is 12.6. The summed E-state index contributed by atoms with van der Waals surface area (Å²) < 4.78 is 28.3. The first-order valence-electron chi connectivity index (χ1n) is 8.09. The van der Waals surface area contributed by atoms with E-state index in [1.807, 2.05) is 24.3 Å². The van der Waals surface area contributed by atoms with E-state index in [0.717, 1.165) is 33.4 Å². The van der Waals surface area contributed by atoms with Crippen LogP contribution in [0.1, 0.15) is 24.1 Å². The Labute approximate surface area is 165 Å². The Bertz CT molecular complexity index is 841. The van der Waals surface area contributed by atoms with Gasteiger partial charge in [0, 0.05) is 27.2 Å². The van der Waals surface area contributed by atoms with E-state index in [2.05, 4.69) is 27.9 Å². The van der Waals surface area contributed by atoms with Crippen LogP contribution in [0.5, 0.6) is 0 Å². The second-order valence-electron chi connectivity index (χ2n) is 5.92. The highest BCUT2D eigenvalue weighted by Gasteiger charge is 2.27. The van der Waals surface area contributed by atoms with Crippen molar-refractivity contribution in [2.24, 2.45) is 0 Å². The summed E-state index contributed by atoms with van der Waals surface area (Å²) in [5.74, 6) is -0.148. The second kappa shape index (κ2) is 8.15. The topological polar surface area (TPSA) is 66.5 Å². The van der Waals surface area contributed by atoms with Crippen LogP contribution >= 0.6 is 33.9 Å². The van der Waals surface area contributed by atoms with Crippen LogP contribution < -0.4 is 5.32 Å². The van der Waals surface area contributed by atoms with E-state index in [9.17, 15) is 13.2 Å². The highest BCUT2D eigenvalue weighted by Crippen LogP contribution is 2.27. The molecular formula is C17H19IN2O3S2. The Morgan fingerprint density at radius 3 is 2.44 bits per heavy atom. The molecule has 1 aromatic carbocycles. The van der Waals surface area contributed by atoms with Crippen molar-refractivity contribution in [3.05, 3.63) is 44.8 Å². The molecule has 1 aliphatic heterocycles. The lowest BCUT2D eigenvalue weighted by Crippen LogP contribution is -2.35. The number of hydrogen-bond donors (Lipinski definition) is 1. The third kappa shape index (κ3) is 4.81. The number of carbonyl (C=O) groups excluding carboxylic acids is 1. The number of benzene rings is 1. The number of nitrogens with one attached hydrogen (secondary N) is 1. The summed E-state index contributed by atoms with van der Waals surface area (Å²) >= 11 is 3.39. The minimum absolute atomic E-state index is 0.148. The average molecular weight is 490 g/mol. The van der Waals surface area contributed by atoms with Crippen LogP contribution in [0.15, 0.2) is 40.6 Å². The van der Waals surface area contributed by atoms with Gasteiger partial charge in [0.1, 0.15) is 4.21 Å². The third-order valence-corrected chi connectivity index (χ3v) is 8.18. The normalized spacial score (nSPS) is 15.9. The molecule has 1 saturated heterocycles. The first-order valence-corrected chi connectivity index (χ1v) is 11.4. The van der Waals surface area contributed by atoms with Gasteiger partial charge in [0.15, 0.2) is 0 Å². The van der Waals surface area contributed by atoms with Crippen LogP contribution in [-0.2, 0) is 21.2 Å². The zero-order valence-electron chi connectivity index (χ0n) is 13.6. The number of sulfonamides is 1. The highest BCUT2D eigenvalue weighted by atomic mass is 127. The molecule has 2 heterocycles. The lowest BCUT2D eigenvalue weighted by Gasteiger charge is -2.25. The van der Waals surface area contributed by atoms with E-state index in [1.165, 1.54) is 11.3 Å². The Morgan fingerprint density at radius 1 is 1.08 bits per heavy atom. The molecule has 1 N–H and O–H groups in total. The molecule has 0 unspecified atom stereocenters. The monoisotopic (exact) mass is 490 g/mol. The maximum Gasteiger partial charge on any atom is 0.252 e. The van der Waals surface area contributed by atoms with E-state index >= 15 is 0 Å². The zero-order chi connectivity index (χ0) is 17.9. The molecule has 0 saturated carbocycles. The van der Waals surface area contributed by atoms with Crippen molar-refractivity contribution in [3.63, 3.8) is 0 Å². The summed E-state index contributed by atoms with van der Waals surface area (Å²) in [6.45, 7) is 1.17. The van der Waals surface area contributed by atoms with Gasteiger partial charge in [-0.05, 0) is 71.8 Å². The average Bonchev–Trinajstić information content (AvgIpc) is 3.07. The Kier molecular flexibility index (Phi) is 6.13. The fourth-order valence-corrected chi connectivity index (χ4v) is 6.11. The lowest BCUT2D eigenvalue weighted by atomic mass is 10.2. The molecule has 1 aromatic heterocycles. The number of rotatable bonds is 5. The van der Waals surface area contributed by atoms with E-state index in [0.29, 0.717) is 17.3 Å². The molecule has 0 spiro atoms. The molecule has 0 radical (unpaired) electrons. The fraction of sp³-hybridized carbons (Fsp3) is 0.353. The standard InChI is InChI=1S/C17H19IN2O3S2/c18-13-4-6-14(7-5-13)19-16(21)12-15-8-9-17(24-15)25(22,23)20-10-2-1-3-11-20/h4-9H,1-3,10-12H2,(H,19,21). The molecule has 2 aromatic rings. The third-order valence-electron chi connectivity index (χ3n) is 4.01. The van der Waals surface area contributed by atoms with Gasteiger partial charge in [-0.15, -0.1) is 11.3 Å². The van der Waals surface area contributed by atoms with Crippen molar-refractivity contribution < 1.29 is 13.2 Å². The summed E-state index contributed by atoms with van der Waals surface area (Å²) in [5.41, 5.74) is 0.739. The first-order chi connectivity index (χ1) is 11.9. The van der Waals surface area contributed by atoms with Crippen LogP contribution in [0.25, 0.3) is 0 Å². The maximum absolute atomic E-state index is 12.6. The van der Waals surface area contributed by atoms with Gasteiger partial charge in [-0.3, -0.25) is 4.79 Å². The molecule has 134 valence electrons. The quantitative estimate of drug-likeness (QED) is 0.651. The van der Waals surface area contributed by atoms with Crippen LogP contribution in [0, 0.1) is 3.57 Å². The number of anilines is 1. The van der Waals surface area contributed by atoms with Crippen molar-refractivity contribution in [3.8, 4) is 0 Å². The molecule has 1 fully saturated rings. The summed E-state index contributed by atoms with van der Waals surface area (Å²) in [6, 6.07) is 10.9. The van der Waals surface area contributed by atoms with Crippen LogP contribution in [0.2, 0.25) is 0 Å². The van der Waals surface area contributed by atoms with Gasteiger partial charge >= 0.3 is 0 Å². The summed E-state index contributed by atoms with van der Waals surface area (Å²) in [6.07, 6.45) is 3.08. The number of piperidine rings is 1. The second-order valence-corrected chi connectivity index (χ2v) is 10.5. The molecule has 5 nitrogen and oxygen atoms in total. The van der Waals surface area contributed by atoms with Gasteiger partial charge < -0.3 is 5.32 Å². The molecule has 1 aliphatic rings. The minimum Gasteiger partial charge on any atom is -0.326 e. The van der Waals surface area contributed by atoms with Gasteiger partial charge in [-0.2, -0.15) is 4.31 Å². The SMILES string of the molecule is O=C(Cc1ccc(S(=O)(=O)N2CCCCC2)s1)Nc1ccc(I)cc1. The van der Waals surface area contributed by atoms with E-state index < -0.39 is 10.0 Å². The van der Waals surface area contributed by atoms with Crippen molar-refractivity contribution in [2.45, 2.75) is 29.9 Å². The van der Waals surface area contributed by atoms with Crippen molar-refractivity contribution in [1.82, 2.24) is 4.31 Å². The van der Waals surface area contributed by atoms with E-state index in [-0.39, 0.29) is 12.3 Å². The van der Waals surface area contributed by atoms with Gasteiger partial charge in [-0.25, -0.2) is 8.42 Å². The van der Waals surface area contributed by atoms with Crippen molar-refractivity contribution in [2.75, 3.05) is 18.4 Å². The molecule has 0 aliphatic carbocycles. The van der Waals surface area contributed by atoms with Gasteiger partial charge in [-0.1, -0.05) is 6.42 Å². The van der Waals surface area contributed by atoms with Gasteiger partial charge in [0.05, 0.1) is 6.42 Å². The predicted octanol–water partition coefficient (Wildman–Crippen LogP) is 3.71.